The van der Waals surface area contributed by atoms with E-state index in [0.29, 0.717) is 5.06 Å². The number of pyridine rings is 1. The number of imide groups is 1. The molecule has 0 saturated heterocycles. The van der Waals surface area contributed by atoms with Gasteiger partial charge in [0.25, 0.3) is 11.8 Å². The molecule has 122 valence electrons. The highest BCUT2D eigenvalue weighted by Gasteiger charge is 2.39. The van der Waals surface area contributed by atoms with E-state index in [4.69, 9.17) is 14.3 Å². The molecule has 1 aliphatic heterocycles. The molecule has 0 saturated carbocycles. The largest absolute Gasteiger partial charge is 0.494 e. The highest BCUT2D eigenvalue weighted by Crippen LogP contribution is 2.25. The highest BCUT2D eigenvalue weighted by molar-refractivity contribution is 6.21. The van der Waals surface area contributed by atoms with E-state index in [-0.39, 0.29) is 28.5 Å². The standard InChI is InChI=1S/C16H12N2O6/c1-22-11-7-8-12(23-2)17-13(11)16(21)24-18-14(19)9-5-3-4-6-10(9)15(18)20/h3-8H,1-2H3. The minimum absolute atomic E-state index is 0.123. The summed E-state index contributed by atoms with van der Waals surface area (Å²) < 4.78 is 9.98. The lowest BCUT2D eigenvalue weighted by Gasteiger charge is -2.14. The van der Waals surface area contributed by atoms with E-state index in [9.17, 15) is 14.4 Å². The maximum Gasteiger partial charge on any atom is 0.386 e. The van der Waals surface area contributed by atoms with Crippen molar-refractivity contribution < 1.29 is 28.7 Å². The molecule has 3 rings (SSSR count). The summed E-state index contributed by atoms with van der Waals surface area (Å²) in [7, 11) is 2.73. The van der Waals surface area contributed by atoms with Crippen molar-refractivity contribution in [1.82, 2.24) is 10.0 Å². The lowest BCUT2D eigenvalue weighted by atomic mass is 10.1. The van der Waals surface area contributed by atoms with Gasteiger partial charge in [-0.1, -0.05) is 17.2 Å². The van der Waals surface area contributed by atoms with Crippen molar-refractivity contribution in [2.24, 2.45) is 0 Å². The number of amides is 2. The molecular formula is C16H12N2O6. The summed E-state index contributed by atoms with van der Waals surface area (Å²) in [5.41, 5.74) is 0.120. The van der Waals surface area contributed by atoms with Crippen LogP contribution in [-0.4, -0.2) is 42.1 Å². The van der Waals surface area contributed by atoms with E-state index in [2.05, 4.69) is 4.98 Å². The molecule has 0 N–H and O–H groups in total. The first kappa shape index (κ1) is 15.5. The van der Waals surface area contributed by atoms with Crippen LogP contribution in [0, 0.1) is 0 Å². The van der Waals surface area contributed by atoms with Crippen LogP contribution in [0.3, 0.4) is 0 Å². The Balaban J connectivity index is 1.89. The molecule has 24 heavy (non-hydrogen) atoms. The summed E-state index contributed by atoms with van der Waals surface area (Å²) >= 11 is 0. The number of ether oxygens (including phenoxy) is 2. The Morgan fingerprint density at radius 3 is 2.12 bits per heavy atom. The number of carbonyl (C=O) groups excluding carboxylic acids is 3. The summed E-state index contributed by atoms with van der Waals surface area (Å²) in [6, 6.07) is 9.15. The van der Waals surface area contributed by atoms with Gasteiger partial charge in [0.05, 0.1) is 25.3 Å². The number of aromatic nitrogens is 1. The van der Waals surface area contributed by atoms with Crippen LogP contribution in [0.1, 0.15) is 31.2 Å². The Morgan fingerprint density at radius 2 is 1.58 bits per heavy atom. The molecule has 0 unspecified atom stereocenters. The molecule has 2 aromatic rings. The molecule has 0 fully saturated rings. The summed E-state index contributed by atoms with van der Waals surface area (Å²) in [6.45, 7) is 0. The van der Waals surface area contributed by atoms with Gasteiger partial charge in [0.1, 0.15) is 0 Å². The number of fused-ring (bicyclic) bond motifs is 1. The molecule has 2 heterocycles. The summed E-state index contributed by atoms with van der Waals surface area (Å²) in [6.07, 6.45) is 0. The van der Waals surface area contributed by atoms with Gasteiger partial charge in [-0.05, 0) is 18.2 Å². The average molecular weight is 328 g/mol. The van der Waals surface area contributed by atoms with E-state index in [0.717, 1.165) is 0 Å². The third kappa shape index (κ3) is 2.43. The first-order valence-corrected chi connectivity index (χ1v) is 6.86. The minimum atomic E-state index is -1.01. The molecular weight excluding hydrogens is 316 g/mol. The number of benzene rings is 1. The van der Waals surface area contributed by atoms with Crippen LogP contribution in [0.4, 0.5) is 0 Å². The Labute approximate surface area is 136 Å². The molecule has 0 bridgehead atoms. The molecule has 8 nitrogen and oxygen atoms in total. The van der Waals surface area contributed by atoms with Crippen molar-refractivity contribution >= 4 is 17.8 Å². The summed E-state index contributed by atoms with van der Waals surface area (Å²) in [5.74, 6) is -2.17. The molecule has 1 aromatic carbocycles. The van der Waals surface area contributed by atoms with Gasteiger partial charge in [-0.2, -0.15) is 0 Å². The lowest BCUT2D eigenvalue weighted by molar-refractivity contribution is -0.0590. The maximum atomic E-state index is 12.3. The van der Waals surface area contributed by atoms with Crippen molar-refractivity contribution in [2.45, 2.75) is 0 Å². The zero-order valence-corrected chi connectivity index (χ0v) is 12.8. The number of hydrogen-bond acceptors (Lipinski definition) is 7. The van der Waals surface area contributed by atoms with Gasteiger partial charge in [-0.3, -0.25) is 9.59 Å². The zero-order chi connectivity index (χ0) is 17.3. The predicted octanol–water partition coefficient (Wildman–Crippen LogP) is 1.47. The van der Waals surface area contributed by atoms with Crippen molar-refractivity contribution in [3.63, 3.8) is 0 Å². The number of nitrogens with zero attached hydrogens (tertiary/aromatic N) is 2. The Morgan fingerprint density at radius 1 is 0.958 bits per heavy atom. The van der Waals surface area contributed by atoms with Crippen molar-refractivity contribution in [3.05, 3.63) is 53.2 Å². The Bertz CT molecular complexity index is 813. The average Bonchev–Trinajstić information content (AvgIpc) is 2.86. The van der Waals surface area contributed by atoms with Crippen LogP contribution in [0.2, 0.25) is 0 Å². The van der Waals surface area contributed by atoms with Crippen LogP contribution in [0.25, 0.3) is 0 Å². The highest BCUT2D eigenvalue weighted by atomic mass is 16.7. The fourth-order valence-corrected chi connectivity index (χ4v) is 2.23. The Hall–Kier alpha value is -3.42. The monoisotopic (exact) mass is 328 g/mol. The molecule has 2 amide bonds. The van der Waals surface area contributed by atoms with E-state index in [1.54, 1.807) is 12.1 Å². The number of carbonyl (C=O) groups is 3. The van der Waals surface area contributed by atoms with Crippen LogP contribution in [-0.2, 0) is 4.84 Å². The quantitative estimate of drug-likeness (QED) is 0.784. The van der Waals surface area contributed by atoms with E-state index >= 15 is 0 Å². The van der Waals surface area contributed by atoms with Gasteiger partial charge in [-0.25, -0.2) is 9.78 Å². The first-order chi connectivity index (χ1) is 11.6. The van der Waals surface area contributed by atoms with Gasteiger partial charge < -0.3 is 14.3 Å². The first-order valence-electron chi connectivity index (χ1n) is 6.86. The second kappa shape index (κ2) is 5.99. The number of rotatable bonds is 4. The fraction of sp³-hybridized carbons (Fsp3) is 0.125. The van der Waals surface area contributed by atoms with Gasteiger partial charge >= 0.3 is 5.97 Å². The minimum Gasteiger partial charge on any atom is -0.494 e. The topological polar surface area (TPSA) is 95.0 Å². The normalized spacial score (nSPS) is 12.8. The smallest absolute Gasteiger partial charge is 0.386 e. The van der Waals surface area contributed by atoms with E-state index < -0.39 is 17.8 Å². The molecule has 0 radical (unpaired) electrons. The molecule has 8 heteroatoms. The zero-order valence-electron chi connectivity index (χ0n) is 12.8. The molecule has 0 spiro atoms. The maximum absolute atomic E-state index is 12.3. The van der Waals surface area contributed by atoms with Crippen LogP contribution >= 0.6 is 0 Å². The SMILES string of the molecule is COc1ccc(OC)c(C(=O)ON2C(=O)c3ccccc3C2=O)n1. The lowest BCUT2D eigenvalue weighted by Crippen LogP contribution is -2.33. The molecule has 1 aliphatic rings. The van der Waals surface area contributed by atoms with Crippen LogP contribution in [0.5, 0.6) is 11.6 Å². The third-order valence-corrected chi connectivity index (χ3v) is 3.39. The molecule has 0 atom stereocenters. The van der Waals surface area contributed by atoms with Crippen molar-refractivity contribution in [1.29, 1.82) is 0 Å². The van der Waals surface area contributed by atoms with Gasteiger partial charge in [0.2, 0.25) is 5.88 Å². The van der Waals surface area contributed by atoms with Gasteiger partial charge in [-0.15, -0.1) is 0 Å². The summed E-state index contributed by atoms with van der Waals surface area (Å²) in [5, 5.41) is 0.410. The van der Waals surface area contributed by atoms with Crippen molar-refractivity contribution in [2.75, 3.05) is 14.2 Å². The second-order valence-corrected chi connectivity index (χ2v) is 4.73. The molecule has 1 aromatic heterocycles. The van der Waals surface area contributed by atoms with Gasteiger partial charge in [0, 0.05) is 6.07 Å². The van der Waals surface area contributed by atoms with Gasteiger partial charge in [0.15, 0.2) is 11.4 Å². The molecule has 0 aliphatic carbocycles. The number of hydrogen-bond donors (Lipinski definition) is 0. The van der Waals surface area contributed by atoms with E-state index in [1.807, 2.05) is 0 Å². The van der Waals surface area contributed by atoms with Crippen LogP contribution in [0.15, 0.2) is 36.4 Å². The van der Waals surface area contributed by atoms with E-state index in [1.165, 1.54) is 38.5 Å². The third-order valence-electron chi connectivity index (χ3n) is 3.39. The number of methoxy groups -OCH3 is 2. The predicted molar refractivity (Wildman–Crippen MR) is 79.7 cm³/mol. The summed E-state index contributed by atoms with van der Waals surface area (Å²) in [4.78, 5) is 45.6. The van der Waals surface area contributed by atoms with Crippen molar-refractivity contribution in [3.8, 4) is 11.6 Å². The number of hydroxylamine groups is 2. The second-order valence-electron chi connectivity index (χ2n) is 4.73. The van der Waals surface area contributed by atoms with Crippen LogP contribution < -0.4 is 9.47 Å². The fourth-order valence-electron chi connectivity index (χ4n) is 2.23. The Kier molecular flexibility index (Phi) is 3.87.